The lowest BCUT2D eigenvalue weighted by Crippen LogP contribution is -2.30. The zero-order chi connectivity index (χ0) is 15.8. The number of nitrogens with one attached hydrogen (secondary N) is 2. The third-order valence-corrected chi connectivity index (χ3v) is 2.75. The standard InChI is InChI=1S/C14H18N2O5/c1-9(17)16-8-10-2-4-11(5-3-10)13(19)15-7-6-12(18)14(20)21/h2-5,12,18H,6-8H2,1H3,(H,15,19)(H,16,17)(H,20,21)/t12-/m0/s1. The Bertz CT molecular complexity index is 513. The number of carbonyl (C=O) groups excluding carboxylic acids is 2. The van der Waals surface area contributed by atoms with E-state index in [1.165, 1.54) is 6.92 Å². The molecule has 0 aliphatic carbocycles. The normalized spacial score (nSPS) is 11.5. The van der Waals surface area contributed by atoms with E-state index in [-0.39, 0.29) is 24.8 Å². The first-order chi connectivity index (χ1) is 9.90. The van der Waals surface area contributed by atoms with Crippen LogP contribution in [0.25, 0.3) is 0 Å². The van der Waals surface area contributed by atoms with E-state index in [0.717, 1.165) is 5.56 Å². The van der Waals surface area contributed by atoms with Crippen molar-refractivity contribution in [3.8, 4) is 0 Å². The van der Waals surface area contributed by atoms with E-state index in [1.54, 1.807) is 24.3 Å². The molecule has 0 aromatic heterocycles. The summed E-state index contributed by atoms with van der Waals surface area (Å²) in [5.41, 5.74) is 1.29. The Morgan fingerprint density at radius 3 is 2.29 bits per heavy atom. The van der Waals surface area contributed by atoms with Crippen molar-refractivity contribution in [3.63, 3.8) is 0 Å². The van der Waals surface area contributed by atoms with Gasteiger partial charge < -0.3 is 20.8 Å². The average Bonchev–Trinajstić information content (AvgIpc) is 2.45. The molecule has 1 aromatic rings. The third kappa shape index (κ3) is 6.05. The van der Waals surface area contributed by atoms with Crippen molar-refractivity contribution in [1.82, 2.24) is 10.6 Å². The second kappa shape index (κ2) is 8.01. The van der Waals surface area contributed by atoms with Gasteiger partial charge in [0.15, 0.2) is 6.10 Å². The molecule has 7 nitrogen and oxygen atoms in total. The van der Waals surface area contributed by atoms with Gasteiger partial charge in [-0.05, 0) is 17.7 Å². The minimum Gasteiger partial charge on any atom is -0.479 e. The van der Waals surface area contributed by atoms with Crippen molar-refractivity contribution in [2.45, 2.75) is 26.0 Å². The molecule has 0 aliphatic heterocycles. The number of amides is 2. The van der Waals surface area contributed by atoms with Gasteiger partial charge in [0, 0.05) is 32.0 Å². The molecular formula is C14H18N2O5. The van der Waals surface area contributed by atoms with Crippen LogP contribution in [0.15, 0.2) is 24.3 Å². The zero-order valence-electron chi connectivity index (χ0n) is 11.6. The monoisotopic (exact) mass is 294 g/mol. The summed E-state index contributed by atoms with van der Waals surface area (Å²) in [5.74, 6) is -1.79. The van der Waals surface area contributed by atoms with E-state index in [4.69, 9.17) is 10.2 Å². The quantitative estimate of drug-likeness (QED) is 0.560. The van der Waals surface area contributed by atoms with Gasteiger partial charge in [0.05, 0.1) is 0 Å². The van der Waals surface area contributed by atoms with E-state index in [1.807, 2.05) is 0 Å². The molecule has 0 saturated heterocycles. The SMILES string of the molecule is CC(=O)NCc1ccc(C(=O)NCC[C@H](O)C(=O)O)cc1. The zero-order valence-corrected chi connectivity index (χ0v) is 11.6. The number of carboxylic acid groups (broad SMARTS) is 1. The summed E-state index contributed by atoms with van der Waals surface area (Å²) in [4.78, 5) is 32.9. The van der Waals surface area contributed by atoms with Crippen molar-refractivity contribution in [2.75, 3.05) is 6.54 Å². The van der Waals surface area contributed by atoms with Gasteiger partial charge in [-0.15, -0.1) is 0 Å². The minimum atomic E-state index is -1.48. The first-order valence-electron chi connectivity index (χ1n) is 6.42. The Morgan fingerprint density at radius 2 is 1.76 bits per heavy atom. The molecular weight excluding hydrogens is 276 g/mol. The molecule has 0 radical (unpaired) electrons. The van der Waals surface area contributed by atoms with Crippen LogP contribution in [0.1, 0.15) is 29.3 Å². The molecule has 114 valence electrons. The van der Waals surface area contributed by atoms with Crippen LogP contribution < -0.4 is 10.6 Å². The van der Waals surface area contributed by atoms with E-state index in [2.05, 4.69) is 10.6 Å². The van der Waals surface area contributed by atoms with Crippen molar-refractivity contribution in [3.05, 3.63) is 35.4 Å². The first kappa shape index (κ1) is 16.6. The molecule has 2 amide bonds. The van der Waals surface area contributed by atoms with Gasteiger partial charge in [-0.25, -0.2) is 4.79 Å². The smallest absolute Gasteiger partial charge is 0.332 e. The fourth-order valence-corrected chi connectivity index (χ4v) is 1.55. The van der Waals surface area contributed by atoms with Gasteiger partial charge in [0.2, 0.25) is 5.91 Å². The molecule has 1 atom stereocenters. The van der Waals surface area contributed by atoms with Gasteiger partial charge in [0.25, 0.3) is 5.91 Å². The number of benzene rings is 1. The Balaban J connectivity index is 2.44. The maximum absolute atomic E-state index is 11.8. The van der Waals surface area contributed by atoms with Gasteiger partial charge in [-0.1, -0.05) is 12.1 Å². The summed E-state index contributed by atoms with van der Waals surface area (Å²) in [6.45, 7) is 1.88. The molecule has 7 heteroatoms. The summed E-state index contributed by atoms with van der Waals surface area (Å²) in [6, 6.07) is 6.66. The van der Waals surface area contributed by atoms with Crippen molar-refractivity contribution in [2.24, 2.45) is 0 Å². The van der Waals surface area contributed by atoms with Crippen LogP contribution in [0, 0.1) is 0 Å². The molecule has 0 unspecified atom stereocenters. The van der Waals surface area contributed by atoms with E-state index < -0.39 is 12.1 Å². The van der Waals surface area contributed by atoms with Gasteiger partial charge in [-0.2, -0.15) is 0 Å². The minimum absolute atomic E-state index is 0.0539. The molecule has 1 aromatic carbocycles. The number of aliphatic carboxylic acids is 1. The molecule has 0 aliphatic rings. The highest BCUT2D eigenvalue weighted by molar-refractivity contribution is 5.94. The molecule has 4 N–H and O–H groups in total. The highest BCUT2D eigenvalue weighted by Gasteiger charge is 2.13. The summed E-state index contributed by atoms with van der Waals surface area (Å²) < 4.78 is 0. The Morgan fingerprint density at radius 1 is 1.14 bits per heavy atom. The highest BCUT2D eigenvalue weighted by atomic mass is 16.4. The number of hydrogen-bond acceptors (Lipinski definition) is 4. The van der Waals surface area contributed by atoms with Gasteiger partial charge >= 0.3 is 5.97 Å². The molecule has 0 bridgehead atoms. The van der Waals surface area contributed by atoms with E-state index in [9.17, 15) is 14.4 Å². The van der Waals surface area contributed by atoms with Crippen LogP contribution in [0.5, 0.6) is 0 Å². The molecule has 0 heterocycles. The first-order valence-corrected chi connectivity index (χ1v) is 6.42. The Hall–Kier alpha value is -2.41. The number of aliphatic hydroxyl groups is 1. The summed E-state index contributed by atoms with van der Waals surface area (Å²) in [6.07, 6.45) is -1.54. The average molecular weight is 294 g/mol. The molecule has 21 heavy (non-hydrogen) atoms. The van der Waals surface area contributed by atoms with Crippen LogP contribution in [0.2, 0.25) is 0 Å². The van der Waals surface area contributed by atoms with Crippen LogP contribution in [-0.2, 0) is 16.1 Å². The van der Waals surface area contributed by atoms with E-state index >= 15 is 0 Å². The summed E-state index contributed by atoms with van der Waals surface area (Å²) in [7, 11) is 0. The summed E-state index contributed by atoms with van der Waals surface area (Å²) in [5, 5.41) is 22.7. The lowest BCUT2D eigenvalue weighted by atomic mass is 10.1. The van der Waals surface area contributed by atoms with Gasteiger partial charge in [-0.3, -0.25) is 9.59 Å². The predicted molar refractivity (Wildman–Crippen MR) is 74.6 cm³/mol. The predicted octanol–water partition coefficient (Wildman–Crippen LogP) is -0.112. The highest BCUT2D eigenvalue weighted by Crippen LogP contribution is 2.04. The van der Waals surface area contributed by atoms with Crippen LogP contribution in [0.3, 0.4) is 0 Å². The Kier molecular flexibility index (Phi) is 6.35. The van der Waals surface area contributed by atoms with Crippen LogP contribution in [0.4, 0.5) is 0 Å². The van der Waals surface area contributed by atoms with Crippen LogP contribution >= 0.6 is 0 Å². The van der Waals surface area contributed by atoms with Crippen molar-refractivity contribution in [1.29, 1.82) is 0 Å². The second-order valence-corrected chi connectivity index (χ2v) is 4.51. The lowest BCUT2D eigenvalue weighted by Gasteiger charge is -2.08. The van der Waals surface area contributed by atoms with E-state index in [0.29, 0.717) is 12.1 Å². The third-order valence-electron chi connectivity index (χ3n) is 2.75. The Labute approximate surface area is 122 Å². The topological polar surface area (TPSA) is 116 Å². The maximum Gasteiger partial charge on any atom is 0.332 e. The number of hydrogen-bond donors (Lipinski definition) is 4. The number of aliphatic hydroxyl groups excluding tert-OH is 1. The molecule has 1 rings (SSSR count). The molecule has 0 saturated carbocycles. The maximum atomic E-state index is 11.8. The van der Waals surface area contributed by atoms with Crippen molar-refractivity contribution >= 4 is 17.8 Å². The number of carbonyl (C=O) groups is 3. The number of carboxylic acids is 1. The molecule has 0 spiro atoms. The summed E-state index contributed by atoms with van der Waals surface area (Å²) >= 11 is 0. The number of rotatable bonds is 7. The molecule has 0 fully saturated rings. The fraction of sp³-hybridized carbons (Fsp3) is 0.357. The van der Waals surface area contributed by atoms with Gasteiger partial charge in [0.1, 0.15) is 0 Å². The van der Waals surface area contributed by atoms with Crippen molar-refractivity contribution < 1.29 is 24.6 Å². The van der Waals surface area contributed by atoms with Crippen LogP contribution in [-0.4, -0.2) is 40.6 Å². The lowest BCUT2D eigenvalue weighted by molar-refractivity contribution is -0.146. The second-order valence-electron chi connectivity index (χ2n) is 4.51. The largest absolute Gasteiger partial charge is 0.479 e. The fourth-order valence-electron chi connectivity index (χ4n) is 1.55.